The topological polar surface area (TPSA) is 21.3 Å². The van der Waals surface area contributed by atoms with Crippen LogP contribution >= 0.6 is 11.8 Å². The highest BCUT2D eigenvalue weighted by Gasteiger charge is 2.22. The Bertz CT molecular complexity index is 304. The van der Waals surface area contributed by atoms with Crippen LogP contribution in [0.4, 0.5) is 0 Å². The van der Waals surface area contributed by atoms with Crippen LogP contribution < -0.4 is 10.1 Å². The number of benzene rings is 1. The molecule has 2 atom stereocenters. The highest BCUT2D eigenvalue weighted by Crippen LogP contribution is 2.25. The van der Waals surface area contributed by atoms with Gasteiger partial charge in [-0.1, -0.05) is 25.1 Å². The van der Waals surface area contributed by atoms with Crippen LogP contribution in [0.2, 0.25) is 0 Å². The first kappa shape index (κ1) is 11.8. The van der Waals surface area contributed by atoms with E-state index >= 15 is 0 Å². The first-order chi connectivity index (χ1) is 7.86. The van der Waals surface area contributed by atoms with Gasteiger partial charge in [-0.25, -0.2) is 0 Å². The number of thioether (sulfide) groups is 1. The van der Waals surface area contributed by atoms with Crippen LogP contribution in [0.15, 0.2) is 30.3 Å². The van der Waals surface area contributed by atoms with Gasteiger partial charge in [0, 0.05) is 17.8 Å². The number of rotatable bonds is 5. The van der Waals surface area contributed by atoms with Crippen molar-refractivity contribution in [2.45, 2.75) is 24.6 Å². The third kappa shape index (κ3) is 3.42. The molecule has 0 bridgehead atoms. The standard InChI is InChI=1S/C13H19NOS/c1-11-13(7-10-16-11)14-8-9-15-12-5-3-2-4-6-12/h2-6,11,13-14H,7-10H2,1H3. The highest BCUT2D eigenvalue weighted by molar-refractivity contribution is 8.00. The van der Waals surface area contributed by atoms with E-state index in [2.05, 4.69) is 24.0 Å². The molecule has 1 fully saturated rings. The monoisotopic (exact) mass is 237 g/mol. The van der Waals surface area contributed by atoms with E-state index in [4.69, 9.17) is 4.74 Å². The summed E-state index contributed by atoms with van der Waals surface area (Å²) >= 11 is 2.06. The van der Waals surface area contributed by atoms with E-state index in [-0.39, 0.29) is 0 Å². The fourth-order valence-corrected chi connectivity index (χ4v) is 3.16. The van der Waals surface area contributed by atoms with Crippen molar-refractivity contribution in [1.29, 1.82) is 0 Å². The van der Waals surface area contributed by atoms with Gasteiger partial charge in [-0.05, 0) is 24.3 Å². The molecule has 1 aliphatic heterocycles. The molecule has 2 nitrogen and oxygen atoms in total. The molecule has 1 aliphatic rings. The second-order valence-corrected chi connectivity index (χ2v) is 5.57. The number of ether oxygens (including phenoxy) is 1. The summed E-state index contributed by atoms with van der Waals surface area (Å²) in [7, 11) is 0. The second kappa shape index (κ2) is 6.16. The summed E-state index contributed by atoms with van der Waals surface area (Å²) in [4.78, 5) is 0. The summed E-state index contributed by atoms with van der Waals surface area (Å²) < 4.78 is 5.63. The Hall–Kier alpha value is -0.670. The quantitative estimate of drug-likeness (QED) is 0.795. The predicted molar refractivity (Wildman–Crippen MR) is 70.3 cm³/mol. The molecule has 3 heteroatoms. The van der Waals surface area contributed by atoms with Crippen molar-refractivity contribution in [2.24, 2.45) is 0 Å². The van der Waals surface area contributed by atoms with E-state index in [9.17, 15) is 0 Å². The van der Waals surface area contributed by atoms with Gasteiger partial charge in [0.2, 0.25) is 0 Å². The van der Waals surface area contributed by atoms with Gasteiger partial charge < -0.3 is 10.1 Å². The van der Waals surface area contributed by atoms with Crippen molar-refractivity contribution in [3.63, 3.8) is 0 Å². The lowest BCUT2D eigenvalue weighted by atomic mass is 10.2. The molecule has 0 spiro atoms. The molecule has 0 aliphatic carbocycles. The maximum atomic E-state index is 5.63. The summed E-state index contributed by atoms with van der Waals surface area (Å²) in [6, 6.07) is 10.7. The number of para-hydroxylation sites is 1. The lowest BCUT2D eigenvalue weighted by Gasteiger charge is -2.16. The maximum Gasteiger partial charge on any atom is 0.119 e. The zero-order valence-electron chi connectivity index (χ0n) is 9.69. The Morgan fingerprint density at radius 1 is 1.38 bits per heavy atom. The van der Waals surface area contributed by atoms with Crippen LogP contribution in [-0.2, 0) is 0 Å². The van der Waals surface area contributed by atoms with Crippen molar-refractivity contribution in [1.82, 2.24) is 5.32 Å². The van der Waals surface area contributed by atoms with Gasteiger partial charge in [0.15, 0.2) is 0 Å². The Labute approximate surface area is 102 Å². The lowest BCUT2D eigenvalue weighted by molar-refractivity contribution is 0.304. The fourth-order valence-electron chi connectivity index (χ4n) is 1.93. The van der Waals surface area contributed by atoms with Crippen molar-refractivity contribution in [3.8, 4) is 5.75 Å². The van der Waals surface area contributed by atoms with Crippen LogP contribution in [0.25, 0.3) is 0 Å². The first-order valence-electron chi connectivity index (χ1n) is 5.89. The largest absolute Gasteiger partial charge is 0.492 e. The van der Waals surface area contributed by atoms with E-state index in [1.165, 1.54) is 12.2 Å². The summed E-state index contributed by atoms with van der Waals surface area (Å²) in [5.74, 6) is 2.25. The van der Waals surface area contributed by atoms with Crippen molar-refractivity contribution in [3.05, 3.63) is 30.3 Å². The van der Waals surface area contributed by atoms with E-state index in [0.29, 0.717) is 6.04 Å². The molecule has 16 heavy (non-hydrogen) atoms. The molecular weight excluding hydrogens is 218 g/mol. The van der Waals surface area contributed by atoms with Crippen LogP contribution in [0.5, 0.6) is 5.75 Å². The minimum Gasteiger partial charge on any atom is -0.492 e. The highest BCUT2D eigenvalue weighted by atomic mass is 32.2. The SMILES string of the molecule is CC1SCCC1NCCOc1ccccc1. The second-order valence-electron chi connectivity index (χ2n) is 4.09. The molecule has 2 unspecified atom stereocenters. The Balaban J connectivity index is 1.62. The lowest BCUT2D eigenvalue weighted by Crippen LogP contribution is -2.36. The minimum atomic E-state index is 0.671. The normalized spacial score (nSPS) is 24.6. The molecule has 0 aromatic heterocycles. The summed E-state index contributed by atoms with van der Waals surface area (Å²) in [6.07, 6.45) is 1.29. The van der Waals surface area contributed by atoms with Gasteiger partial charge in [-0.3, -0.25) is 0 Å². The molecule has 1 aromatic carbocycles. The van der Waals surface area contributed by atoms with E-state index in [0.717, 1.165) is 24.2 Å². The van der Waals surface area contributed by atoms with Crippen LogP contribution in [0, 0.1) is 0 Å². The molecule has 0 amide bonds. The molecule has 1 saturated heterocycles. The number of hydrogen-bond donors (Lipinski definition) is 1. The smallest absolute Gasteiger partial charge is 0.119 e. The third-order valence-electron chi connectivity index (χ3n) is 2.90. The average Bonchev–Trinajstić information content (AvgIpc) is 2.72. The van der Waals surface area contributed by atoms with Crippen molar-refractivity contribution < 1.29 is 4.74 Å². The van der Waals surface area contributed by atoms with Gasteiger partial charge in [0.05, 0.1) is 0 Å². The fraction of sp³-hybridized carbons (Fsp3) is 0.538. The molecule has 0 radical (unpaired) electrons. The zero-order chi connectivity index (χ0) is 11.2. The first-order valence-corrected chi connectivity index (χ1v) is 6.94. The van der Waals surface area contributed by atoms with Crippen molar-refractivity contribution in [2.75, 3.05) is 18.9 Å². The summed E-state index contributed by atoms with van der Waals surface area (Å²) in [5, 5.41) is 4.30. The van der Waals surface area contributed by atoms with E-state index in [1.54, 1.807) is 0 Å². The summed E-state index contributed by atoms with van der Waals surface area (Å²) in [5.41, 5.74) is 0. The average molecular weight is 237 g/mol. The molecule has 2 rings (SSSR count). The number of nitrogens with one attached hydrogen (secondary N) is 1. The minimum absolute atomic E-state index is 0.671. The Morgan fingerprint density at radius 3 is 2.88 bits per heavy atom. The molecule has 1 N–H and O–H groups in total. The van der Waals surface area contributed by atoms with Gasteiger partial charge in [-0.15, -0.1) is 0 Å². The summed E-state index contributed by atoms with van der Waals surface area (Å²) in [6.45, 7) is 3.98. The molecule has 0 saturated carbocycles. The van der Waals surface area contributed by atoms with E-state index < -0.39 is 0 Å². The molecule has 1 aromatic rings. The maximum absolute atomic E-state index is 5.63. The Morgan fingerprint density at radius 2 is 2.19 bits per heavy atom. The predicted octanol–water partition coefficient (Wildman–Crippen LogP) is 2.55. The van der Waals surface area contributed by atoms with Crippen LogP contribution in [-0.4, -0.2) is 30.2 Å². The molecule has 88 valence electrons. The molecule has 1 heterocycles. The van der Waals surface area contributed by atoms with Gasteiger partial charge in [0.25, 0.3) is 0 Å². The van der Waals surface area contributed by atoms with Gasteiger partial charge >= 0.3 is 0 Å². The van der Waals surface area contributed by atoms with Crippen LogP contribution in [0.3, 0.4) is 0 Å². The Kier molecular flexibility index (Phi) is 4.55. The van der Waals surface area contributed by atoms with Gasteiger partial charge in [-0.2, -0.15) is 11.8 Å². The van der Waals surface area contributed by atoms with Crippen LogP contribution in [0.1, 0.15) is 13.3 Å². The zero-order valence-corrected chi connectivity index (χ0v) is 10.5. The third-order valence-corrected chi connectivity index (χ3v) is 4.22. The van der Waals surface area contributed by atoms with E-state index in [1.807, 2.05) is 30.3 Å². The number of hydrogen-bond acceptors (Lipinski definition) is 3. The molecular formula is C13H19NOS. The van der Waals surface area contributed by atoms with Crippen molar-refractivity contribution >= 4 is 11.8 Å². The van der Waals surface area contributed by atoms with Gasteiger partial charge in [0.1, 0.15) is 12.4 Å².